The Morgan fingerprint density at radius 3 is 1.95 bits per heavy atom. The van der Waals surface area contributed by atoms with Crippen LogP contribution >= 0.6 is 0 Å². The average molecular weight is 288 g/mol. The number of ether oxygens (including phenoxy) is 1. The van der Waals surface area contributed by atoms with Gasteiger partial charge < -0.3 is 20.5 Å². The molecule has 0 aliphatic heterocycles. The molecule has 0 spiro atoms. The van der Waals surface area contributed by atoms with Crippen molar-refractivity contribution in [3.63, 3.8) is 0 Å². The van der Waals surface area contributed by atoms with Gasteiger partial charge >= 0.3 is 12.1 Å². The molecule has 7 nitrogen and oxygen atoms in total. The summed E-state index contributed by atoms with van der Waals surface area (Å²) in [6.45, 7) is 9.91. The molecule has 3 N–H and O–H groups in total. The van der Waals surface area contributed by atoms with Crippen LogP contribution in [0.5, 0.6) is 0 Å². The number of hydrogen-bond donors (Lipinski definition) is 3. The zero-order valence-corrected chi connectivity index (χ0v) is 12.9. The SMILES string of the molecule is CC(C)(C)OC(=O)N[C@H](C(=O)NCC(=O)O)C(C)(C)C. The number of hydrogen-bond acceptors (Lipinski definition) is 4. The molecule has 1 atom stereocenters. The summed E-state index contributed by atoms with van der Waals surface area (Å²) in [4.78, 5) is 34.1. The second-order valence-electron chi connectivity index (χ2n) is 6.56. The zero-order valence-electron chi connectivity index (χ0n) is 12.9. The van der Waals surface area contributed by atoms with Gasteiger partial charge in [0.25, 0.3) is 0 Å². The number of carboxylic acids is 1. The predicted octanol–water partition coefficient (Wildman–Crippen LogP) is 1.13. The number of carbonyl (C=O) groups is 3. The molecule has 0 rings (SSSR count). The summed E-state index contributed by atoms with van der Waals surface area (Å²) in [7, 11) is 0. The number of amides is 2. The normalized spacial score (nSPS) is 13.3. The van der Waals surface area contributed by atoms with Crippen molar-refractivity contribution in [3.05, 3.63) is 0 Å². The lowest BCUT2D eigenvalue weighted by Gasteiger charge is -2.31. The van der Waals surface area contributed by atoms with E-state index in [1.54, 1.807) is 41.5 Å². The molecule has 0 aromatic carbocycles. The van der Waals surface area contributed by atoms with Crippen molar-refractivity contribution in [1.82, 2.24) is 10.6 Å². The second kappa shape index (κ2) is 6.58. The molecular formula is C13H24N2O5. The minimum Gasteiger partial charge on any atom is -0.480 e. The van der Waals surface area contributed by atoms with Crippen LogP contribution in [0, 0.1) is 5.41 Å². The summed E-state index contributed by atoms with van der Waals surface area (Å²) in [5.41, 5.74) is -1.26. The van der Waals surface area contributed by atoms with Crippen LogP contribution in [0.25, 0.3) is 0 Å². The Kier molecular flexibility index (Phi) is 5.99. The Morgan fingerprint density at radius 1 is 1.10 bits per heavy atom. The monoisotopic (exact) mass is 288 g/mol. The molecule has 0 radical (unpaired) electrons. The van der Waals surface area contributed by atoms with Crippen LogP contribution < -0.4 is 10.6 Å². The molecule has 0 fully saturated rings. The fourth-order valence-electron chi connectivity index (χ4n) is 1.37. The van der Waals surface area contributed by atoms with Crippen molar-refractivity contribution in [2.45, 2.75) is 53.2 Å². The minimum atomic E-state index is -1.15. The summed E-state index contributed by atoms with van der Waals surface area (Å²) >= 11 is 0. The highest BCUT2D eigenvalue weighted by molar-refractivity contribution is 5.88. The van der Waals surface area contributed by atoms with Gasteiger partial charge in [0.1, 0.15) is 18.2 Å². The lowest BCUT2D eigenvalue weighted by atomic mass is 9.86. The van der Waals surface area contributed by atoms with Crippen LogP contribution in [0.1, 0.15) is 41.5 Å². The largest absolute Gasteiger partial charge is 0.480 e. The molecule has 116 valence electrons. The van der Waals surface area contributed by atoms with Crippen molar-refractivity contribution in [3.8, 4) is 0 Å². The van der Waals surface area contributed by atoms with Crippen molar-refractivity contribution in [2.75, 3.05) is 6.54 Å². The van der Waals surface area contributed by atoms with Gasteiger partial charge in [0.05, 0.1) is 0 Å². The van der Waals surface area contributed by atoms with Crippen LogP contribution in [0.3, 0.4) is 0 Å². The van der Waals surface area contributed by atoms with Crippen LogP contribution in [0.2, 0.25) is 0 Å². The summed E-state index contributed by atoms with van der Waals surface area (Å²) in [5, 5.41) is 13.3. The Hall–Kier alpha value is -1.79. The maximum Gasteiger partial charge on any atom is 0.408 e. The summed E-state index contributed by atoms with van der Waals surface area (Å²) in [6, 6.07) is -0.892. The second-order valence-corrected chi connectivity index (χ2v) is 6.56. The molecule has 0 aliphatic carbocycles. The Morgan fingerprint density at radius 2 is 1.60 bits per heavy atom. The third kappa shape index (κ3) is 7.60. The molecular weight excluding hydrogens is 264 g/mol. The number of rotatable bonds is 4. The van der Waals surface area contributed by atoms with Crippen molar-refractivity contribution >= 4 is 18.0 Å². The van der Waals surface area contributed by atoms with Gasteiger partial charge in [0.15, 0.2) is 0 Å². The van der Waals surface area contributed by atoms with E-state index in [-0.39, 0.29) is 0 Å². The predicted molar refractivity (Wildman–Crippen MR) is 73.3 cm³/mol. The molecule has 7 heteroatoms. The molecule has 0 saturated carbocycles. The first kappa shape index (κ1) is 18.2. The molecule has 2 amide bonds. The van der Waals surface area contributed by atoms with E-state index in [4.69, 9.17) is 9.84 Å². The molecule has 0 aliphatic rings. The highest BCUT2D eigenvalue weighted by Gasteiger charge is 2.34. The molecule has 0 aromatic heterocycles. The van der Waals surface area contributed by atoms with E-state index in [9.17, 15) is 14.4 Å². The minimum absolute atomic E-state index is 0.499. The molecule has 20 heavy (non-hydrogen) atoms. The zero-order chi connectivity index (χ0) is 16.1. The first-order valence-corrected chi connectivity index (χ1v) is 6.32. The maximum absolute atomic E-state index is 12.0. The van der Waals surface area contributed by atoms with E-state index in [1.165, 1.54) is 0 Å². The van der Waals surface area contributed by atoms with Gasteiger partial charge in [-0.25, -0.2) is 4.79 Å². The number of nitrogens with one attached hydrogen (secondary N) is 2. The quantitative estimate of drug-likeness (QED) is 0.719. The standard InChI is InChI=1S/C13H24N2O5/c1-12(2,3)9(10(18)14-7-8(16)17)15-11(19)20-13(4,5)6/h9H,7H2,1-6H3,(H,14,18)(H,15,19)(H,16,17)/t9-/m1/s1. The van der Waals surface area contributed by atoms with E-state index < -0.39 is 41.6 Å². The van der Waals surface area contributed by atoms with E-state index in [0.29, 0.717) is 0 Å². The van der Waals surface area contributed by atoms with E-state index >= 15 is 0 Å². The summed E-state index contributed by atoms with van der Waals surface area (Å²) in [6.07, 6.45) is -0.720. The van der Waals surface area contributed by atoms with Crippen molar-refractivity contribution in [1.29, 1.82) is 0 Å². The van der Waals surface area contributed by atoms with Crippen LogP contribution in [-0.4, -0.2) is 41.3 Å². The highest BCUT2D eigenvalue weighted by Crippen LogP contribution is 2.20. The molecule has 0 bridgehead atoms. The lowest BCUT2D eigenvalue weighted by molar-refractivity contribution is -0.138. The third-order valence-corrected chi connectivity index (χ3v) is 2.20. The maximum atomic E-state index is 12.0. The summed E-state index contributed by atoms with van der Waals surface area (Å²) in [5.74, 6) is -1.71. The Bertz CT molecular complexity index is 379. The van der Waals surface area contributed by atoms with Gasteiger partial charge in [-0.15, -0.1) is 0 Å². The number of aliphatic carboxylic acids is 1. The fourth-order valence-corrected chi connectivity index (χ4v) is 1.37. The topological polar surface area (TPSA) is 105 Å². The molecule has 0 aromatic rings. The third-order valence-electron chi connectivity index (χ3n) is 2.20. The summed E-state index contributed by atoms with van der Waals surface area (Å²) < 4.78 is 5.09. The van der Waals surface area contributed by atoms with Crippen LogP contribution in [0.15, 0.2) is 0 Å². The Labute approximate surface area is 119 Å². The molecule has 0 unspecified atom stereocenters. The van der Waals surface area contributed by atoms with Gasteiger partial charge in [-0.05, 0) is 26.2 Å². The van der Waals surface area contributed by atoms with E-state index in [1.807, 2.05) is 0 Å². The van der Waals surface area contributed by atoms with Crippen LogP contribution in [0.4, 0.5) is 4.79 Å². The van der Waals surface area contributed by atoms with Crippen LogP contribution in [-0.2, 0) is 14.3 Å². The number of carboxylic acid groups (broad SMARTS) is 1. The van der Waals surface area contributed by atoms with Crippen molar-refractivity contribution < 1.29 is 24.2 Å². The van der Waals surface area contributed by atoms with Gasteiger partial charge in [-0.1, -0.05) is 20.8 Å². The average Bonchev–Trinajstić information content (AvgIpc) is 2.18. The molecule has 0 saturated heterocycles. The molecule has 0 heterocycles. The number of alkyl carbamates (subject to hydrolysis) is 1. The van der Waals surface area contributed by atoms with Gasteiger partial charge in [0, 0.05) is 0 Å². The van der Waals surface area contributed by atoms with Gasteiger partial charge in [-0.3, -0.25) is 9.59 Å². The van der Waals surface area contributed by atoms with E-state index in [2.05, 4.69) is 10.6 Å². The van der Waals surface area contributed by atoms with Crippen molar-refractivity contribution in [2.24, 2.45) is 5.41 Å². The number of carbonyl (C=O) groups excluding carboxylic acids is 2. The fraction of sp³-hybridized carbons (Fsp3) is 0.769. The van der Waals surface area contributed by atoms with E-state index in [0.717, 1.165) is 0 Å². The first-order valence-electron chi connectivity index (χ1n) is 6.32. The van der Waals surface area contributed by atoms with Gasteiger partial charge in [-0.2, -0.15) is 0 Å². The first-order chi connectivity index (χ1) is 8.83. The smallest absolute Gasteiger partial charge is 0.408 e. The highest BCUT2D eigenvalue weighted by atomic mass is 16.6. The Balaban J connectivity index is 4.79. The van der Waals surface area contributed by atoms with Gasteiger partial charge in [0.2, 0.25) is 5.91 Å². The lowest BCUT2D eigenvalue weighted by Crippen LogP contribution is -2.55.